The van der Waals surface area contributed by atoms with Crippen LogP contribution in [0.25, 0.3) is 0 Å². The molecule has 0 aliphatic carbocycles. The Kier molecular flexibility index (Phi) is 9.11. The van der Waals surface area contributed by atoms with E-state index in [0.717, 1.165) is 44.2 Å². The van der Waals surface area contributed by atoms with Crippen LogP contribution in [0, 0.1) is 5.92 Å². The smallest absolute Gasteiger partial charge is 0.118 e. The van der Waals surface area contributed by atoms with Crippen LogP contribution in [0.1, 0.15) is 51.7 Å². The van der Waals surface area contributed by atoms with Crippen LogP contribution in [-0.4, -0.2) is 26.8 Å². The minimum absolute atomic E-state index is 0.120. The molecule has 1 N–H and O–H groups in total. The van der Waals surface area contributed by atoms with Crippen molar-refractivity contribution in [3.05, 3.63) is 29.8 Å². The Morgan fingerprint density at radius 3 is 2.43 bits per heavy atom. The number of benzene rings is 1. The Morgan fingerprint density at radius 2 is 1.86 bits per heavy atom. The highest BCUT2D eigenvalue weighted by molar-refractivity contribution is 5.28. The van der Waals surface area contributed by atoms with Crippen LogP contribution in [0.5, 0.6) is 5.75 Å². The predicted octanol–water partition coefficient (Wildman–Crippen LogP) is 4.19. The zero-order chi connectivity index (χ0) is 15.5. The van der Waals surface area contributed by atoms with Crippen LogP contribution >= 0.6 is 0 Å². The Bertz CT molecular complexity index is 362. The Labute approximate surface area is 130 Å². The number of methoxy groups -OCH3 is 1. The third-order valence-corrected chi connectivity index (χ3v) is 3.49. The number of rotatable bonds is 11. The molecule has 0 aromatic heterocycles. The molecule has 0 saturated heterocycles. The average Bonchev–Trinajstić information content (AvgIpc) is 2.49. The summed E-state index contributed by atoms with van der Waals surface area (Å²) in [5.74, 6) is 1.63. The molecule has 0 bridgehead atoms. The van der Waals surface area contributed by atoms with E-state index in [1.807, 2.05) is 12.1 Å². The monoisotopic (exact) mass is 293 g/mol. The van der Waals surface area contributed by atoms with E-state index in [1.54, 1.807) is 7.11 Å². The van der Waals surface area contributed by atoms with Gasteiger partial charge in [-0.05, 0) is 49.4 Å². The fourth-order valence-corrected chi connectivity index (χ4v) is 2.22. The molecule has 0 amide bonds. The average molecular weight is 293 g/mol. The first-order chi connectivity index (χ1) is 10.2. The van der Waals surface area contributed by atoms with Crippen molar-refractivity contribution in [1.82, 2.24) is 5.32 Å². The molecule has 0 radical (unpaired) electrons. The topological polar surface area (TPSA) is 30.5 Å². The number of hydrogen-bond donors (Lipinski definition) is 1. The van der Waals surface area contributed by atoms with Gasteiger partial charge in [-0.1, -0.05) is 32.9 Å². The van der Waals surface area contributed by atoms with E-state index in [9.17, 15) is 0 Å². The number of nitrogens with one attached hydrogen (secondary N) is 1. The maximum absolute atomic E-state index is 6.10. The third-order valence-electron chi connectivity index (χ3n) is 3.49. The molecule has 120 valence electrons. The molecule has 0 fully saturated rings. The number of ether oxygens (including phenoxy) is 2. The van der Waals surface area contributed by atoms with Gasteiger partial charge in [0.25, 0.3) is 0 Å². The van der Waals surface area contributed by atoms with E-state index in [1.165, 1.54) is 12.0 Å². The van der Waals surface area contributed by atoms with Crippen LogP contribution in [0.2, 0.25) is 0 Å². The highest BCUT2D eigenvalue weighted by Gasteiger charge is 2.12. The van der Waals surface area contributed by atoms with Crippen LogP contribution in [0.3, 0.4) is 0 Å². The Hall–Kier alpha value is -1.06. The minimum Gasteiger partial charge on any atom is -0.497 e. The molecule has 3 nitrogen and oxygen atoms in total. The molecule has 1 atom stereocenters. The summed E-state index contributed by atoms with van der Waals surface area (Å²) in [6, 6.07) is 8.19. The summed E-state index contributed by atoms with van der Waals surface area (Å²) >= 11 is 0. The van der Waals surface area contributed by atoms with Gasteiger partial charge in [-0.3, -0.25) is 0 Å². The van der Waals surface area contributed by atoms with Gasteiger partial charge in [0, 0.05) is 13.2 Å². The normalized spacial score (nSPS) is 12.6. The SMILES string of the molecule is CCCNCC(OCCCC(C)C)c1ccc(OC)cc1. The van der Waals surface area contributed by atoms with Gasteiger partial charge < -0.3 is 14.8 Å². The molecule has 21 heavy (non-hydrogen) atoms. The van der Waals surface area contributed by atoms with E-state index in [2.05, 4.69) is 38.2 Å². The Morgan fingerprint density at radius 1 is 1.14 bits per heavy atom. The van der Waals surface area contributed by atoms with Crippen molar-refractivity contribution in [1.29, 1.82) is 0 Å². The van der Waals surface area contributed by atoms with Gasteiger partial charge in [0.1, 0.15) is 5.75 Å². The van der Waals surface area contributed by atoms with Gasteiger partial charge in [0.2, 0.25) is 0 Å². The van der Waals surface area contributed by atoms with Crippen LogP contribution in [0.4, 0.5) is 0 Å². The molecule has 0 aliphatic heterocycles. The molecule has 0 heterocycles. The summed E-state index contributed by atoms with van der Waals surface area (Å²) < 4.78 is 11.3. The van der Waals surface area contributed by atoms with Crippen molar-refractivity contribution >= 4 is 0 Å². The highest BCUT2D eigenvalue weighted by Crippen LogP contribution is 2.21. The zero-order valence-electron chi connectivity index (χ0n) is 14.0. The van der Waals surface area contributed by atoms with Crippen molar-refractivity contribution in [3.63, 3.8) is 0 Å². The first-order valence-corrected chi connectivity index (χ1v) is 8.13. The van der Waals surface area contributed by atoms with E-state index < -0.39 is 0 Å². The first-order valence-electron chi connectivity index (χ1n) is 8.13. The summed E-state index contributed by atoms with van der Waals surface area (Å²) in [6.45, 7) is 9.40. The van der Waals surface area contributed by atoms with Gasteiger partial charge in [0.15, 0.2) is 0 Å². The highest BCUT2D eigenvalue weighted by atomic mass is 16.5. The molecule has 0 spiro atoms. The maximum Gasteiger partial charge on any atom is 0.118 e. The first kappa shape index (κ1) is 18.0. The van der Waals surface area contributed by atoms with Gasteiger partial charge in [-0.2, -0.15) is 0 Å². The summed E-state index contributed by atoms with van der Waals surface area (Å²) in [7, 11) is 1.69. The second kappa shape index (κ2) is 10.6. The largest absolute Gasteiger partial charge is 0.497 e. The lowest BCUT2D eigenvalue weighted by Gasteiger charge is -2.19. The van der Waals surface area contributed by atoms with E-state index in [-0.39, 0.29) is 6.10 Å². The van der Waals surface area contributed by atoms with Gasteiger partial charge >= 0.3 is 0 Å². The molecule has 0 aliphatic rings. The quantitative estimate of drug-likeness (QED) is 0.621. The van der Waals surface area contributed by atoms with Crippen LogP contribution in [0.15, 0.2) is 24.3 Å². The third kappa shape index (κ3) is 7.49. The second-order valence-corrected chi connectivity index (χ2v) is 5.87. The standard InChI is InChI=1S/C18H31NO2/c1-5-12-19-14-18(21-13-6-7-15(2)3)16-8-10-17(20-4)11-9-16/h8-11,15,18-19H,5-7,12-14H2,1-4H3. The van der Waals surface area contributed by atoms with Crippen molar-refractivity contribution in [2.45, 2.75) is 46.1 Å². The molecule has 1 rings (SSSR count). The van der Waals surface area contributed by atoms with Gasteiger partial charge in [-0.25, -0.2) is 0 Å². The van der Waals surface area contributed by atoms with Gasteiger partial charge in [-0.15, -0.1) is 0 Å². The summed E-state index contributed by atoms with van der Waals surface area (Å²) in [6.07, 6.45) is 3.60. The van der Waals surface area contributed by atoms with E-state index in [4.69, 9.17) is 9.47 Å². The molecule has 3 heteroatoms. The minimum atomic E-state index is 0.120. The van der Waals surface area contributed by atoms with Crippen molar-refractivity contribution < 1.29 is 9.47 Å². The predicted molar refractivity (Wildman–Crippen MR) is 88.9 cm³/mol. The molecule has 1 aromatic rings. The lowest BCUT2D eigenvalue weighted by molar-refractivity contribution is 0.0488. The molecular weight excluding hydrogens is 262 g/mol. The second-order valence-electron chi connectivity index (χ2n) is 5.87. The number of hydrogen-bond acceptors (Lipinski definition) is 3. The lowest BCUT2D eigenvalue weighted by atomic mass is 10.1. The summed E-state index contributed by atoms with van der Waals surface area (Å²) in [5.41, 5.74) is 1.21. The maximum atomic E-state index is 6.10. The van der Waals surface area contributed by atoms with Crippen LogP contribution < -0.4 is 10.1 Å². The molecule has 0 saturated carbocycles. The van der Waals surface area contributed by atoms with E-state index in [0.29, 0.717) is 0 Å². The fraction of sp³-hybridized carbons (Fsp3) is 0.667. The van der Waals surface area contributed by atoms with Crippen molar-refractivity contribution in [2.24, 2.45) is 5.92 Å². The van der Waals surface area contributed by atoms with Crippen LogP contribution in [-0.2, 0) is 4.74 Å². The molecule has 1 unspecified atom stereocenters. The molecular formula is C18H31NO2. The van der Waals surface area contributed by atoms with E-state index >= 15 is 0 Å². The molecule has 1 aromatic carbocycles. The van der Waals surface area contributed by atoms with Crippen molar-refractivity contribution in [3.8, 4) is 5.75 Å². The zero-order valence-corrected chi connectivity index (χ0v) is 14.0. The summed E-state index contributed by atoms with van der Waals surface area (Å²) in [4.78, 5) is 0. The fourth-order valence-electron chi connectivity index (χ4n) is 2.22. The lowest BCUT2D eigenvalue weighted by Crippen LogP contribution is -2.24. The van der Waals surface area contributed by atoms with Gasteiger partial charge in [0.05, 0.1) is 13.2 Å². The van der Waals surface area contributed by atoms with Crippen molar-refractivity contribution in [2.75, 3.05) is 26.8 Å². The summed E-state index contributed by atoms with van der Waals surface area (Å²) in [5, 5.41) is 3.46. The Balaban J connectivity index is 2.53.